The molecular formula is C24H33N5O2. The second-order valence-electron chi connectivity index (χ2n) is 9.83. The molecule has 3 aromatic rings. The van der Waals surface area contributed by atoms with Gasteiger partial charge in [0.1, 0.15) is 0 Å². The van der Waals surface area contributed by atoms with E-state index in [0.29, 0.717) is 29.7 Å². The molecule has 1 fully saturated rings. The smallest absolute Gasteiger partial charge is 0.332 e. The molecule has 1 aliphatic rings. The Morgan fingerprint density at radius 2 is 1.65 bits per heavy atom. The first-order chi connectivity index (χ1) is 14.7. The van der Waals surface area contributed by atoms with Crippen LogP contribution in [0.25, 0.3) is 11.2 Å². The highest BCUT2D eigenvalue weighted by Crippen LogP contribution is 2.26. The van der Waals surface area contributed by atoms with E-state index in [0.717, 1.165) is 23.0 Å². The lowest BCUT2D eigenvalue weighted by atomic mass is 9.87. The number of nitrogens with zero attached hydrogens (tertiary/aromatic N) is 4. The van der Waals surface area contributed by atoms with Gasteiger partial charge in [0.25, 0.3) is 5.56 Å². The van der Waals surface area contributed by atoms with Crippen LogP contribution in [0.3, 0.4) is 0 Å². The molecule has 166 valence electrons. The average Bonchev–Trinajstić information content (AvgIpc) is 3.09. The maximum absolute atomic E-state index is 13.1. The Morgan fingerprint density at radius 1 is 1.00 bits per heavy atom. The number of hydrogen-bond donors (Lipinski definition) is 1. The molecule has 1 saturated carbocycles. The fraction of sp³-hybridized carbons (Fsp3) is 0.542. The summed E-state index contributed by atoms with van der Waals surface area (Å²) in [5.41, 5.74) is 2.66. The van der Waals surface area contributed by atoms with E-state index in [1.807, 2.05) is 4.57 Å². The van der Waals surface area contributed by atoms with Crippen LogP contribution in [0, 0.1) is 0 Å². The third-order valence-corrected chi connectivity index (χ3v) is 6.45. The number of aromatic nitrogens is 4. The fourth-order valence-corrected chi connectivity index (χ4v) is 4.43. The maximum atomic E-state index is 13.1. The molecule has 31 heavy (non-hydrogen) atoms. The van der Waals surface area contributed by atoms with Gasteiger partial charge in [0.2, 0.25) is 5.95 Å². The quantitative estimate of drug-likeness (QED) is 0.697. The van der Waals surface area contributed by atoms with Gasteiger partial charge in [-0.2, -0.15) is 4.98 Å². The third-order valence-electron chi connectivity index (χ3n) is 6.45. The lowest BCUT2D eigenvalue weighted by Crippen LogP contribution is -2.37. The van der Waals surface area contributed by atoms with Crippen molar-refractivity contribution in [1.29, 1.82) is 0 Å². The molecule has 7 heteroatoms. The summed E-state index contributed by atoms with van der Waals surface area (Å²) in [5, 5.41) is 3.58. The van der Waals surface area contributed by atoms with Crippen LogP contribution < -0.4 is 16.6 Å². The molecule has 0 atom stereocenters. The van der Waals surface area contributed by atoms with Crippen molar-refractivity contribution in [2.45, 2.75) is 70.9 Å². The van der Waals surface area contributed by atoms with Gasteiger partial charge in [-0.05, 0) is 29.4 Å². The van der Waals surface area contributed by atoms with Crippen molar-refractivity contribution in [1.82, 2.24) is 18.7 Å². The van der Waals surface area contributed by atoms with E-state index in [1.54, 1.807) is 7.05 Å². The summed E-state index contributed by atoms with van der Waals surface area (Å²) in [7, 11) is 3.19. The summed E-state index contributed by atoms with van der Waals surface area (Å²) >= 11 is 0. The summed E-state index contributed by atoms with van der Waals surface area (Å²) in [6.07, 6.45) is 5.86. The van der Waals surface area contributed by atoms with Crippen molar-refractivity contribution in [3.63, 3.8) is 0 Å². The Hall–Kier alpha value is -2.83. The largest absolute Gasteiger partial charge is 0.353 e. The number of hydrogen-bond acceptors (Lipinski definition) is 4. The minimum atomic E-state index is -0.360. The molecule has 0 aliphatic heterocycles. The Bertz CT molecular complexity index is 1200. The van der Waals surface area contributed by atoms with E-state index >= 15 is 0 Å². The molecule has 2 aromatic heterocycles. The first-order valence-corrected chi connectivity index (χ1v) is 11.2. The molecule has 0 amide bonds. The van der Waals surface area contributed by atoms with Gasteiger partial charge in [-0.3, -0.25) is 18.5 Å². The van der Waals surface area contributed by atoms with Crippen LogP contribution in [-0.2, 0) is 26.1 Å². The topological polar surface area (TPSA) is 73.8 Å². The van der Waals surface area contributed by atoms with Crippen LogP contribution in [0.15, 0.2) is 33.9 Å². The highest BCUT2D eigenvalue weighted by atomic mass is 16.2. The average molecular weight is 424 g/mol. The van der Waals surface area contributed by atoms with E-state index in [1.165, 1.54) is 36.4 Å². The lowest BCUT2D eigenvalue weighted by molar-refractivity contribution is 0.459. The lowest BCUT2D eigenvalue weighted by Gasteiger charge is -2.24. The monoisotopic (exact) mass is 423 g/mol. The number of aryl methyl sites for hydroxylation is 1. The van der Waals surface area contributed by atoms with Gasteiger partial charge in [0.15, 0.2) is 11.2 Å². The van der Waals surface area contributed by atoms with E-state index in [2.05, 4.69) is 50.4 Å². The standard InChI is InChI=1S/C24H33N5O2/c1-24(2,3)17-13-11-16(12-14-17)15-29-19-20(27(4)23(31)28(5)21(19)30)26-22(29)25-18-9-7-6-8-10-18/h11-14,18H,6-10,15H2,1-5H3,(H,25,26). The first kappa shape index (κ1) is 21.4. The molecule has 0 spiro atoms. The normalized spacial score (nSPS) is 15.5. The van der Waals surface area contributed by atoms with Gasteiger partial charge in [-0.15, -0.1) is 0 Å². The Kier molecular flexibility index (Phi) is 5.54. The van der Waals surface area contributed by atoms with Crippen LogP contribution >= 0.6 is 0 Å². The van der Waals surface area contributed by atoms with Gasteiger partial charge in [-0.1, -0.05) is 64.3 Å². The Labute approximate surface area is 182 Å². The molecule has 0 radical (unpaired) electrons. The SMILES string of the molecule is Cn1c(=O)c2c(nc(NC3CCCCC3)n2Cc2ccc(C(C)(C)C)cc2)n(C)c1=O. The molecule has 0 bridgehead atoms. The van der Waals surface area contributed by atoms with Crippen LogP contribution in [0.2, 0.25) is 0 Å². The van der Waals surface area contributed by atoms with E-state index in [9.17, 15) is 9.59 Å². The van der Waals surface area contributed by atoms with E-state index in [4.69, 9.17) is 4.98 Å². The zero-order valence-corrected chi connectivity index (χ0v) is 19.2. The minimum absolute atomic E-state index is 0.0855. The molecule has 7 nitrogen and oxygen atoms in total. The highest BCUT2D eigenvalue weighted by Gasteiger charge is 2.22. The third kappa shape index (κ3) is 4.05. The molecule has 4 rings (SSSR count). The van der Waals surface area contributed by atoms with Crippen LogP contribution in [-0.4, -0.2) is 24.7 Å². The van der Waals surface area contributed by atoms with E-state index < -0.39 is 0 Å². The first-order valence-electron chi connectivity index (χ1n) is 11.2. The van der Waals surface area contributed by atoms with Gasteiger partial charge in [0, 0.05) is 20.1 Å². The molecule has 2 heterocycles. The van der Waals surface area contributed by atoms with E-state index in [-0.39, 0.29) is 16.7 Å². The molecule has 0 saturated heterocycles. The number of rotatable bonds is 4. The predicted molar refractivity (Wildman–Crippen MR) is 125 cm³/mol. The Balaban J connectivity index is 1.81. The van der Waals surface area contributed by atoms with Gasteiger partial charge in [-0.25, -0.2) is 4.79 Å². The second kappa shape index (κ2) is 8.02. The summed E-state index contributed by atoms with van der Waals surface area (Å²) in [4.78, 5) is 30.2. The highest BCUT2D eigenvalue weighted by molar-refractivity contribution is 5.74. The van der Waals surface area contributed by atoms with Crippen molar-refractivity contribution < 1.29 is 0 Å². The van der Waals surface area contributed by atoms with Crippen LogP contribution in [0.1, 0.15) is 64.0 Å². The Morgan fingerprint density at radius 3 is 2.26 bits per heavy atom. The fourth-order valence-electron chi connectivity index (χ4n) is 4.43. The second-order valence-corrected chi connectivity index (χ2v) is 9.83. The summed E-state index contributed by atoms with van der Waals surface area (Å²) < 4.78 is 4.56. The van der Waals surface area contributed by atoms with Crippen LogP contribution in [0.5, 0.6) is 0 Å². The molecular weight excluding hydrogens is 390 g/mol. The van der Waals surface area contributed by atoms with Gasteiger partial charge in [0.05, 0.1) is 6.54 Å². The molecule has 1 aliphatic carbocycles. The number of imidazole rings is 1. The van der Waals surface area contributed by atoms with Gasteiger partial charge < -0.3 is 5.32 Å². The number of fused-ring (bicyclic) bond motifs is 1. The molecule has 1 N–H and O–H groups in total. The van der Waals surface area contributed by atoms with Crippen molar-refractivity contribution in [3.8, 4) is 0 Å². The zero-order valence-electron chi connectivity index (χ0n) is 19.2. The van der Waals surface area contributed by atoms with Crippen molar-refractivity contribution in [2.24, 2.45) is 14.1 Å². The summed E-state index contributed by atoms with van der Waals surface area (Å²) in [6, 6.07) is 8.87. The maximum Gasteiger partial charge on any atom is 0.332 e. The minimum Gasteiger partial charge on any atom is -0.353 e. The molecule has 1 aromatic carbocycles. The van der Waals surface area contributed by atoms with Crippen molar-refractivity contribution in [3.05, 3.63) is 56.2 Å². The zero-order chi connectivity index (χ0) is 22.3. The predicted octanol–water partition coefficient (Wildman–Crippen LogP) is 3.52. The van der Waals surface area contributed by atoms with Crippen LogP contribution in [0.4, 0.5) is 5.95 Å². The van der Waals surface area contributed by atoms with Crippen molar-refractivity contribution in [2.75, 3.05) is 5.32 Å². The molecule has 0 unspecified atom stereocenters. The summed E-state index contributed by atoms with van der Waals surface area (Å²) in [5.74, 6) is 0.667. The number of benzene rings is 1. The number of nitrogens with one attached hydrogen (secondary N) is 1. The number of anilines is 1. The van der Waals surface area contributed by atoms with Gasteiger partial charge >= 0.3 is 5.69 Å². The summed E-state index contributed by atoms with van der Waals surface area (Å²) in [6.45, 7) is 7.11. The van der Waals surface area contributed by atoms with Crippen molar-refractivity contribution >= 4 is 17.1 Å².